The lowest BCUT2D eigenvalue weighted by Crippen LogP contribution is -2.17. The second-order valence-electron chi connectivity index (χ2n) is 8.93. The van der Waals surface area contributed by atoms with Gasteiger partial charge in [-0.2, -0.15) is 5.10 Å². The Hall–Kier alpha value is -4.66. The average molecular weight is 496 g/mol. The van der Waals surface area contributed by atoms with E-state index in [4.69, 9.17) is 14.0 Å². The van der Waals surface area contributed by atoms with Gasteiger partial charge in [0.25, 0.3) is 11.6 Å². The van der Waals surface area contributed by atoms with Crippen LogP contribution in [0.2, 0.25) is 0 Å². The van der Waals surface area contributed by atoms with Crippen molar-refractivity contribution in [3.63, 3.8) is 0 Å². The summed E-state index contributed by atoms with van der Waals surface area (Å²) in [5.41, 5.74) is 4.00. The Morgan fingerprint density at radius 2 is 1.92 bits per heavy atom. The van der Waals surface area contributed by atoms with Gasteiger partial charge in [-0.1, -0.05) is 47.6 Å². The smallest absolute Gasteiger partial charge is 0.259 e. The minimum Gasteiger partial charge on any atom is -0.493 e. The van der Waals surface area contributed by atoms with E-state index in [0.717, 1.165) is 29.7 Å². The van der Waals surface area contributed by atoms with E-state index in [-0.39, 0.29) is 5.91 Å². The summed E-state index contributed by atoms with van der Waals surface area (Å²) in [5, 5.41) is 12.3. The van der Waals surface area contributed by atoms with Gasteiger partial charge in [0, 0.05) is 28.8 Å². The van der Waals surface area contributed by atoms with Gasteiger partial charge >= 0.3 is 0 Å². The molecule has 186 valence electrons. The lowest BCUT2D eigenvalue weighted by molar-refractivity contribution is 0.102. The normalized spacial score (nSPS) is 13.0. The quantitative estimate of drug-likeness (QED) is 0.312. The average Bonchev–Trinajstić information content (AvgIpc) is 3.56. The second kappa shape index (κ2) is 9.42. The predicted molar refractivity (Wildman–Crippen MR) is 138 cm³/mol. The molecular formula is C28H25N5O4. The Morgan fingerprint density at radius 1 is 1.08 bits per heavy atom. The Balaban J connectivity index is 1.36. The van der Waals surface area contributed by atoms with Gasteiger partial charge in [0.15, 0.2) is 11.5 Å². The van der Waals surface area contributed by atoms with E-state index >= 15 is 0 Å². The predicted octanol–water partition coefficient (Wildman–Crippen LogP) is 5.28. The molecule has 0 bridgehead atoms. The zero-order valence-electron chi connectivity index (χ0n) is 20.5. The molecule has 0 atom stereocenters. The summed E-state index contributed by atoms with van der Waals surface area (Å²) in [6.07, 6.45) is 3.75. The van der Waals surface area contributed by atoms with Crippen LogP contribution >= 0.6 is 0 Å². The van der Waals surface area contributed by atoms with Crippen molar-refractivity contribution in [1.82, 2.24) is 19.9 Å². The third kappa shape index (κ3) is 4.29. The number of pyridine rings is 1. The number of ether oxygens (including phenoxy) is 2. The highest BCUT2D eigenvalue weighted by molar-refractivity contribution is 6.14. The molecule has 0 unspecified atom stereocenters. The van der Waals surface area contributed by atoms with Crippen LogP contribution in [0.1, 0.15) is 40.4 Å². The number of hydrogen-bond acceptors (Lipinski definition) is 7. The molecule has 1 fully saturated rings. The Kier molecular flexibility index (Phi) is 5.80. The number of amides is 1. The summed E-state index contributed by atoms with van der Waals surface area (Å²) in [6.45, 7) is 0.380. The monoisotopic (exact) mass is 495 g/mol. The van der Waals surface area contributed by atoms with Gasteiger partial charge in [-0.3, -0.25) is 4.79 Å². The number of benzene rings is 2. The van der Waals surface area contributed by atoms with E-state index < -0.39 is 0 Å². The first-order chi connectivity index (χ1) is 18.2. The van der Waals surface area contributed by atoms with E-state index in [1.165, 1.54) is 0 Å². The number of rotatable bonds is 8. The van der Waals surface area contributed by atoms with Crippen molar-refractivity contribution in [3.8, 4) is 22.8 Å². The fourth-order valence-corrected chi connectivity index (χ4v) is 4.52. The molecule has 1 amide bonds. The van der Waals surface area contributed by atoms with Crippen LogP contribution in [0.5, 0.6) is 11.5 Å². The number of nitrogens with zero attached hydrogens (tertiary/aromatic N) is 4. The first-order valence-corrected chi connectivity index (χ1v) is 12.0. The molecule has 1 aliphatic carbocycles. The third-order valence-corrected chi connectivity index (χ3v) is 6.52. The summed E-state index contributed by atoms with van der Waals surface area (Å²) >= 11 is 0. The molecule has 5 aromatic rings. The highest BCUT2D eigenvalue weighted by Gasteiger charge is 2.29. The molecule has 0 radical (unpaired) electrons. The molecule has 0 spiro atoms. The van der Waals surface area contributed by atoms with Crippen LogP contribution in [0.3, 0.4) is 0 Å². The molecule has 9 heteroatoms. The Morgan fingerprint density at radius 3 is 2.68 bits per heavy atom. The number of para-hydroxylation sites is 1. The summed E-state index contributed by atoms with van der Waals surface area (Å²) in [6, 6.07) is 18.9. The SMILES string of the molecule is COc1cccc(Cn2nccc2NC(=O)c2cc(C3CC3)nc3onc(-c4ccccc4)c23)c1OC. The van der Waals surface area contributed by atoms with Crippen LogP contribution in [0.15, 0.2) is 71.4 Å². The third-order valence-electron chi connectivity index (χ3n) is 6.52. The van der Waals surface area contributed by atoms with Crippen LogP contribution in [-0.2, 0) is 6.54 Å². The van der Waals surface area contributed by atoms with Crippen molar-refractivity contribution in [2.45, 2.75) is 25.3 Å². The maximum absolute atomic E-state index is 13.7. The fourth-order valence-electron chi connectivity index (χ4n) is 4.52. The second-order valence-corrected chi connectivity index (χ2v) is 8.93. The zero-order valence-corrected chi connectivity index (χ0v) is 20.5. The standard InChI is InChI=1S/C28H25N5O4/c1-35-22-10-6-9-19(26(22)36-2)16-33-23(13-14-29-33)31-27(34)20-15-21(17-11-12-17)30-28-24(20)25(32-37-28)18-7-4-3-5-8-18/h3-10,13-15,17H,11-12,16H2,1-2H3,(H,31,34). The van der Waals surface area contributed by atoms with Crippen molar-refractivity contribution >= 4 is 22.8 Å². The lowest BCUT2D eigenvalue weighted by Gasteiger charge is -2.14. The van der Waals surface area contributed by atoms with E-state index in [9.17, 15) is 4.79 Å². The van der Waals surface area contributed by atoms with Gasteiger partial charge in [0.2, 0.25) is 0 Å². The number of nitrogens with one attached hydrogen (secondary N) is 1. The van der Waals surface area contributed by atoms with Crippen LogP contribution < -0.4 is 14.8 Å². The molecular weight excluding hydrogens is 470 g/mol. The van der Waals surface area contributed by atoms with Crippen molar-refractivity contribution in [2.24, 2.45) is 0 Å². The zero-order chi connectivity index (χ0) is 25.4. The molecule has 9 nitrogen and oxygen atoms in total. The molecule has 37 heavy (non-hydrogen) atoms. The van der Waals surface area contributed by atoms with E-state index in [1.54, 1.807) is 31.2 Å². The number of anilines is 1. The summed E-state index contributed by atoms with van der Waals surface area (Å²) in [4.78, 5) is 18.4. The molecule has 3 aromatic heterocycles. The largest absolute Gasteiger partial charge is 0.493 e. The molecule has 1 N–H and O–H groups in total. The van der Waals surface area contributed by atoms with Crippen LogP contribution in [0, 0.1) is 0 Å². The van der Waals surface area contributed by atoms with Crippen LogP contribution in [0.4, 0.5) is 5.82 Å². The lowest BCUT2D eigenvalue weighted by atomic mass is 10.0. The maximum Gasteiger partial charge on any atom is 0.259 e. The number of hydrogen-bond donors (Lipinski definition) is 1. The van der Waals surface area contributed by atoms with Crippen LogP contribution in [0.25, 0.3) is 22.4 Å². The molecule has 6 rings (SSSR count). The number of aromatic nitrogens is 4. The highest BCUT2D eigenvalue weighted by atomic mass is 16.5. The molecule has 3 heterocycles. The number of carbonyl (C=O) groups excluding carboxylic acids is 1. The van der Waals surface area contributed by atoms with Crippen molar-refractivity contribution < 1.29 is 18.8 Å². The van der Waals surface area contributed by atoms with Crippen molar-refractivity contribution in [2.75, 3.05) is 19.5 Å². The number of fused-ring (bicyclic) bond motifs is 1. The Labute approximate surface area is 213 Å². The van der Waals surface area contributed by atoms with Crippen molar-refractivity contribution in [3.05, 3.63) is 83.7 Å². The first kappa shape index (κ1) is 22.8. The summed E-state index contributed by atoms with van der Waals surface area (Å²) < 4.78 is 18.3. The summed E-state index contributed by atoms with van der Waals surface area (Å²) in [7, 11) is 3.20. The molecule has 0 aliphatic heterocycles. The molecule has 1 saturated carbocycles. The topological polar surface area (TPSA) is 104 Å². The van der Waals surface area contributed by atoms with Gasteiger partial charge in [-0.05, 0) is 25.0 Å². The van der Waals surface area contributed by atoms with Gasteiger partial charge in [-0.15, -0.1) is 0 Å². The maximum atomic E-state index is 13.7. The number of methoxy groups -OCH3 is 2. The van der Waals surface area contributed by atoms with E-state index in [2.05, 4.69) is 20.6 Å². The first-order valence-electron chi connectivity index (χ1n) is 12.0. The van der Waals surface area contributed by atoms with Crippen molar-refractivity contribution in [1.29, 1.82) is 0 Å². The Bertz CT molecular complexity index is 1590. The van der Waals surface area contributed by atoms with Gasteiger partial charge in [-0.25, -0.2) is 9.67 Å². The molecule has 2 aromatic carbocycles. The van der Waals surface area contributed by atoms with E-state index in [1.807, 2.05) is 54.6 Å². The van der Waals surface area contributed by atoms with Gasteiger partial charge in [0.05, 0.1) is 37.9 Å². The van der Waals surface area contributed by atoms with Gasteiger partial charge in [0.1, 0.15) is 11.5 Å². The minimum absolute atomic E-state index is 0.283. The van der Waals surface area contributed by atoms with Crippen LogP contribution in [-0.4, -0.2) is 40.0 Å². The van der Waals surface area contributed by atoms with E-state index in [0.29, 0.717) is 52.1 Å². The molecule has 0 saturated heterocycles. The number of carbonyl (C=O) groups is 1. The van der Waals surface area contributed by atoms with Gasteiger partial charge < -0.3 is 19.3 Å². The summed E-state index contributed by atoms with van der Waals surface area (Å²) in [5.74, 6) is 1.86. The minimum atomic E-state index is -0.283. The fraction of sp³-hybridized carbons (Fsp3) is 0.214. The molecule has 1 aliphatic rings. The highest BCUT2D eigenvalue weighted by Crippen LogP contribution is 2.41.